The lowest BCUT2D eigenvalue weighted by atomic mass is 10.1. The Morgan fingerprint density at radius 1 is 1.15 bits per heavy atom. The normalized spacial score (nSPS) is 11.9. The Labute approximate surface area is 119 Å². The van der Waals surface area contributed by atoms with Gasteiger partial charge in [-0.2, -0.15) is 0 Å². The van der Waals surface area contributed by atoms with Crippen LogP contribution in [0, 0.1) is 0 Å². The molecule has 5 nitrogen and oxygen atoms in total. The lowest BCUT2D eigenvalue weighted by molar-refractivity contribution is 0.385. The highest BCUT2D eigenvalue weighted by Crippen LogP contribution is 2.29. The van der Waals surface area contributed by atoms with Crippen LogP contribution < -0.4 is 14.8 Å². The minimum absolute atomic E-state index is 0.149. The third-order valence-electron chi connectivity index (χ3n) is 3.13. The van der Waals surface area contributed by atoms with Gasteiger partial charge in [0.2, 0.25) is 0 Å². The molecule has 5 heteroatoms. The van der Waals surface area contributed by atoms with Crippen molar-refractivity contribution >= 4 is 0 Å². The summed E-state index contributed by atoms with van der Waals surface area (Å²) in [5, 5.41) is 3.43. The number of aromatic nitrogens is 2. The van der Waals surface area contributed by atoms with Gasteiger partial charge in [-0.1, -0.05) is 6.07 Å². The van der Waals surface area contributed by atoms with Gasteiger partial charge in [0.05, 0.1) is 14.2 Å². The fraction of sp³-hybridized carbons (Fsp3) is 0.333. The summed E-state index contributed by atoms with van der Waals surface area (Å²) in [4.78, 5) is 8.00. The third kappa shape index (κ3) is 3.45. The number of hydrogen-bond acceptors (Lipinski definition) is 5. The molecule has 20 heavy (non-hydrogen) atoms. The zero-order chi connectivity index (χ0) is 14.4. The van der Waals surface area contributed by atoms with Crippen molar-refractivity contribution in [2.45, 2.75) is 19.5 Å². The monoisotopic (exact) mass is 273 g/mol. The Bertz CT molecular complexity index is 546. The SMILES string of the molecule is COc1ccc(C(C)NCc2cncnc2)c(OC)c1. The Morgan fingerprint density at radius 3 is 2.55 bits per heavy atom. The molecule has 0 aliphatic heterocycles. The van der Waals surface area contributed by atoms with Crippen LogP contribution >= 0.6 is 0 Å². The van der Waals surface area contributed by atoms with E-state index in [0.717, 1.165) is 22.6 Å². The molecule has 2 aromatic rings. The molecular formula is C15H19N3O2. The molecule has 0 saturated carbocycles. The molecule has 1 aromatic heterocycles. The topological polar surface area (TPSA) is 56.3 Å². The number of nitrogens with zero attached hydrogens (tertiary/aromatic N) is 2. The first-order valence-electron chi connectivity index (χ1n) is 6.43. The van der Waals surface area contributed by atoms with Crippen molar-refractivity contribution in [3.8, 4) is 11.5 Å². The molecule has 1 heterocycles. The van der Waals surface area contributed by atoms with Crippen molar-refractivity contribution in [3.05, 3.63) is 48.0 Å². The molecule has 0 spiro atoms. The van der Waals surface area contributed by atoms with Crippen LogP contribution in [0.25, 0.3) is 0 Å². The number of rotatable bonds is 6. The highest BCUT2D eigenvalue weighted by atomic mass is 16.5. The second-order valence-electron chi connectivity index (χ2n) is 4.46. The summed E-state index contributed by atoms with van der Waals surface area (Å²) in [7, 11) is 3.31. The van der Waals surface area contributed by atoms with E-state index in [4.69, 9.17) is 9.47 Å². The average Bonchev–Trinajstić information content (AvgIpc) is 2.52. The van der Waals surface area contributed by atoms with Gasteiger partial charge in [0.1, 0.15) is 17.8 Å². The van der Waals surface area contributed by atoms with E-state index in [1.165, 1.54) is 6.33 Å². The summed E-state index contributed by atoms with van der Waals surface area (Å²) >= 11 is 0. The van der Waals surface area contributed by atoms with Gasteiger partial charge in [0.25, 0.3) is 0 Å². The van der Waals surface area contributed by atoms with Gasteiger partial charge < -0.3 is 14.8 Å². The predicted molar refractivity (Wildman–Crippen MR) is 76.8 cm³/mol. The van der Waals surface area contributed by atoms with Crippen LogP contribution in [-0.4, -0.2) is 24.2 Å². The summed E-state index contributed by atoms with van der Waals surface area (Å²) in [6.45, 7) is 2.80. The summed E-state index contributed by atoms with van der Waals surface area (Å²) in [6, 6.07) is 5.98. The van der Waals surface area contributed by atoms with E-state index in [1.54, 1.807) is 26.6 Å². The van der Waals surface area contributed by atoms with Crippen molar-refractivity contribution in [1.82, 2.24) is 15.3 Å². The Kier molecular flexibility index (Phi) is 4.90. The summed E-state index contributed by atoms with van der Waals surface area (Å²) in [6.07, 6.45) is 5.13. The minimum atomic E-state index is 0.149. The molecule has 1 N–H and O–H groups in total. The van der Waals surface area contributed by atoms with Crippen molar-refractivity contribution in [2.75, 3.05) is 14.2 Å². The van der Waals surface area contributed by atoms with Crippen LogP contribution in [0.1, 0.15) is 24.1 Å². The van der Waals surface area contributed by atoms with Crippen molar-refractivity contribution in [2.24, 2.45) is 0 Å². The van der Waals surface area contributed by atoms with Crippen LogP contribution in [0.15, 0.2) is 36.9 Å². The zero-order valence-corrected chi connectivity index (χ0v) is 12.0. The van der Waals surface area contributed by atoms with E-state index in [1.807, 2.05) is 18.2 Å². The number of ether oxygens (including phenoxy) is 2. The molecule has 106 valence electrons. The lowest BCUT2D eigenvalue weighted by Gasteiger charge is -2.18. The third-order valence-corrected chi connectivity index (χ3v) is 3.13. The molecule has 0 fully saturated rings. The highest BCUT2D eigenvalue weighted by molar-refractivity contribution is 5.42. The maximum atomic E-state index is 5.42. The number of methoxy groups -OCH3 is 2. The van der Waals surface area contributed by atoms with Crippen LogP contribution in [0.4, 0.5) is 0 Å². The average molecular weight is 273 g/mol. The second-order valence-corrected chi connectivity index (χ2v) is 4.46. The molecule has 1 aromatic carbocycles. The van der Waals surface area contributed by atoms with Crippen molar-refractivity contribution < 1.29 is 9.47 Å². The highest BCUT2D eigenvalue weighted by Gasteiger charge is 2.12. The first-order valence-corrected chi connectivity index (χ1v) is 6.43. The standard InChI is InChI=1S/C15H19N3O2/c1-11(18-9-12-7-16-10-17-8-12)14-5-4-13(19-2)6-15(14)20-3/h4-8,10-11,18H,9H2,1-3H3. The largest absolute Gasteiger partial charge is 0.497 e. The fourth-order valence-electron chi connectivity index (χ4n) is 1.98. The molecule has 0 bridgehead atoms. The first-order chi connectivity index (χ1) is 9.74. The molecule has 1 atom stereocenters. The molecule has 0 radical (unpaired) electrons. The summed E-state index contributed by atoms with van der Waals surface area (Å²) < 4.78 is 10.6. The van der Waals surface area contributed by atoms with Gasteiger partial charge in [-0.3, -0.25) is 0 Å². The van der Waals surface area contributed by atoms with E-state index in [-0.39, 0.29) is 6.04 Å². The molecular weight excluding hydrogens is 254 g/mol. The second kappa shape index (κ2) is 6.86. The van der Waals surface area contributed by atoms with E-state index in [2.05, 4.69) is 22.2 Å². The van der Waals surface area contributed by atoms with E-state index in [9.17, 15) is 0 Å². The maximum absolute atomic E-state index is 5.42. The van der Waals surface area contributed by atoms with Crippen LogP contribution in [0.3, 0.4) is 0 Å². The number of nitrogens with one attached hydrogen (secondary N) is 1. The first kappa shape index (κ1) is 14.3. The maximum Gasteiger partial charge on any atom is 0.127 e. The summed E-state index contributed by atoms with van der Waals surface area (Å²) in [5.41, 5.74) is 2.14. The minimum Gasteiger partial charge on any atom is -0.497 e. The molecule has 1 unspecified atom stereocenters. The molecule has 2 rings (SSSR count). The lowest BCUT2D eigenvalue weighted by Crippen LogP contribution is -2.19. The molecule has 0 aliphatic carbocycles. The summed E-state index contributed by atoms with van der Waals surface area (Å²) in [5.74, 6) is 1.60. The smallest absolute Gasteiger partial charge is 0.127 e. The van der Waals surface area contributed by atoms with Gasteiger partial charge in [0.15, 0.2) is 0 Å². The van der Waals surface area contributed by atoms with Gasteiger partial charge in [-0.25, -0.2) is 9.97 Å². The Morgan fingerprint density at radius 2 is 1.90 bits per heavy atom. The van der Waals surface area contributed by atoms with Crippen LogP contribution in [0.2, 0.25) is 0 Å². The van der Waals surface area contributed by atoms with Gasteiger partial charge >= 0.3 is 0 Å². The molecule has 0 saturated heterocycles. The van der Waals surface area contributed by atoms with Gasteiger partial charge in [-0.05, 0) is 13.0 Å². The number of benzene rings is 1. The molecule has 0 aliphatic rings. The van der Waals surface area contributed by atoms with Gasteiger partial charge in [0, 0.05) is 42.2 Å². The fourth-order valence-corrected chi connectivity index (χ4v) is 1.98. The Balaban J connectivity index is 2.07. The van der Waals surface area contributed by atoms with Crippen molar-refractivity contribution in [3.63, 3.8) is 0 Å². The number of hydrogen-bond donors (Lipinski definition) is 1. The van der Waals surface area contributed by atoms with Gasteiger partial charge in [-0.15, -0.1) is 0 Å². The van der Waals surface area contributed by atoms with Crippen LogP contribution in [-0.2, 0) is 6.54 Å². The van der Waals surface area contributed by atoms with E-state index < -0.39 is 0 Å². The van der Waals surface area contributed by atoms with E-state index >= 15 is 0 Å². The molecule has 0 amide bonds. The quantitative estimate of drug-likeness (QED) is 0.875. The zero-order valence-electron chi connectivity index (χ0n) is 12.0. The van der Waals surface area contributed by atoms with E-state index in [0.29, 0.717) is 6.54 Å². The Hall–Kier alpha value is -2.14. The van der Waals surface area contributed by atoms with Crippen LogP contribution in [0.5, 0.6) is 11.5 Å². The predicted octanol–water partition coefficient (Wildman–Crippen LogP) is 2.34. The van der Waals surface area contributed by atoms with Crippen molar-refractivity contribution in [1.29, 1.82) is 0 Å².